The van der Waals surface area contributed by atoms with Crippen molar-refractivity contribution in [2.45, 2.75) is 38.9 Å². The molecule has 0 aliphatic carbocycles. The molecule has 1 aliphatic rings. The lowest BCUT2D eigenvalue weighted by Gasteiger charge is -2.09. The topological polar surface area (TPSA) is 69.4 Å². The molecule has 0 amide bonds. The number of nitrogens with zero attached hydrogens (tertiary/aromatic N) is 2. The van der Waals surface area contributed by atoms with E-state index in [1.54, 1.807) is 7.11 Å². The highest BCUT2D eigenvalue weighted by molar-refractivity contribution is 5.85. The molecule has 0 bridgehead atoms. The third kappa shape index (κ3) is 6.30. The SMILES string of the molecule is COc1cccc(COCc2noc(CC3CCCNCC3)n2)c1.Cl. The van der Waals surface area contributed by atoms with Gasteiger partial charge >= 0.3 is 0 Å². The summed E-state index contributed by atoms with van der Waals surface area (Å²) < 4.78 is 16.2. The lowest BCUT2D eigenvalue weighted by atomic mass is 9.97. The zero-order valence-corrected chi connectivity index (χ0v) is 15.4. The minimum Gasteiger partial charge on any atom is -0.497 e. The maximum absolute atomic E-state index is 5.68. The summed E-state index contributed by atoms with van der Waals surface area (Å²) in [7, 11) is 1.66. The second kappa shape index (κ2) is 10.4. The second-order valence-corrected chi connectivity index (χ2v) is 6.20. The predicted molar refractivity (Wildman–Crippen MR) is 96.9 cm³/mol. The first kappa shape index (κ1) is 19.7. The van der Waals surface area contributed by atoms with E-state index in [0.29, 0.717) is 25.0 Å². The summed E-state index contributed by atoms with van der Waals surface area (Å²) in [6.45, 7) is 3.04. The smallest absolute Gasteiger partial charge is 0.227 e. The van der Waals surface area contributed by atoms with Crippen LogP contribution in [0.25, 0.3) is 0 Å². The van der Waals surface area contributed by atoms with E-state index in [9.17, 15) is 0 Å². The zero-order chi connectivity index (χ0) is 16.6. The molecule has 1 atom stereocenters. The van der Waals surface area contributed by atoms with Crippen molar-refractivity contribution in [2.75, 3.05) is 20.2 Å². The number of rotatable bonds is 7. The fourth-order valence-corrected chi connectivity index (χ4v) is 3.00. The van der Waals surface area contributed by atoms with Gasteiger partial charge in [-0.3, -0.25) is 0 Å². The highest BCUT2D eigenvalue weighted by Crippen LogP contribution is 2.18. The number of aromatic nitrogens is 2. The van der Waals surface area contributed by atoms with Crippen LogP contribution >= 0.6 is 12.4 Å². The van der Waals surface area contributed by atoms with E-state index in [-0.39, 0.29) is 12.4 Å². The van der Waals surface area contributed by atoms with Crippen LogP contribution in [-0.2, 0) is 24.4 Å². The molecule has 1 aromatic heterocycles. The van der Waals surface area contributed by atoms with E-state index in [0.717, 1.165) is 36.7 Å². The third-order valence-corrected chi connectivity index (χ3v) is 4.30. The highest BCUT2D eigenvalue weighted by Gasteiger charge is 2.16. The summed E-state index contributed by atoms with van der Waals surface area (Å²) in [4.78, 5) is 4.45. The molecule has 25 heavy (non-hydrogen) atoms. The van der Waals surface area contributed by atoms with Gasteiger partial charge in [0.25, 0.3) is 0 Å². The van der Waals surface area contributed by atoms with E-state index in [1.165, 1.54) is 19.3 Å². The van der Waals surface area contributed by atoms with Gasteiger partial charge in [-0.05, 0) is 56.0 Å². The van der Waals surface area contributed by atoms with Gasteiger partial charge < -0.3 is 19.3 Å². The minimum atomic E-state index is 0. The highest BCUT2D eigenvalue weighted by atomic mass is 35.5. The Bertz CT molecular complexity index is 628. The molecule has 0 spiro atoms. The first-order chi connectivity index (χ1) is 11.8. The monoisotopic (exact) mass is 367 g/mol. The molecule has 3 rings (SSSR count). The molecule has 0 radical (unpaired) electrons. The van der Waals surface area contributed by atoms with Gasteiger partial charge in [-0.1, -0.05) is 17.3 Å². The Labute approximate surface area is 154 Å². The van der Waals surface area contributed by atoms with Gasteiger partial charge in [0.2, 0.25) is 5.89 Å². The normalized spacial score (nSPS) is 17.6. The van der Waals surface area contributed by atoms with Crippen LogP contribution in [0.1, 0.15) is 36.5 Å². The van der Waals surface area contributed by atoms with Crippen molar-refractivity contribution in [2.24, 2.45) is 5.92 Å². The van der Waals surface area contributed by atoms with Gasteiger partial charge in [-0.15, -0.1) is 12.4 Å². The zero-order valence-electron chi connectivity index (χ0n) is 14.6. The van der Waals surface area contributed by atoms with E-state index >= 15 is 0 Å². The Balaban J connectivity index is 0.00000225. The van der Waals surface area contributed by atoms with Crippen molar-refractivity contribution in [3.63, 3.8) is 0 Å². The Kier molecular flexibility index (Phi) is 8.18. The predicted octanol–water partition coefficient (Wildman–Crippen LogP) is 3.15. The summed E-state index contributed by atoms with van der Waals surface area (Å²) in [5.74, 6) is 2.79. The molecule has 1 fully saturated rings. The van der Waals surface area contributed by atoms with E-state index in [2.05, 4.69) is 15.5 Å². The Morgan fingerprint density at radius 2 is 2.16 bits per heavy atom. The molecule has 1 unspecified atom stereocenters. The van der Waals surface area contributed by atoms with Gasteiger partial charge in [-0.2, -0.15) is 4.98 Å². The Morgan fingerprint density at radius 3 is 3.04 bits per heavy atom. The second-order valence-electron chi connectivity index (χ2n) is 6.20. The van der Waals surface area contributed by atoms with Crippen molar-refractivity contribution in [1.29, 1.82) is 0 Å². The summed E-state index contributed by atoms with van der Waals surface area (Å²) in [6.07, 6.45) is 4.47. The van der Waals surface area contributed by atoms with E-state index < -0.39 is 0 Å². The number of hydrogen-bond donors (Lipinski definition) is 1. The Morgan fingerprint density at radius 1 is 1.24 bits per heavy atom. The van der Waals surface area contributed by atoms with E-state index in [1.807, 2.05) is 24.3 Å². The molecule has 0 saturated carbocycles. The molecule has 1 aromatic carbocycles. The largest absolute Gasteiger partial charge is 0.497 e. The van der Waals surface area contributed by atoms with Crippen molar-refractivity contribution >= 4 is 12.4 Å². The van der Waals surface area contributed by atoms with Crippen LogP contribution in [0.5, 0.6) is 5.75 Å². The lowest BCUT2D eigenvalue weighted by Crippen LogP contribution is -2.14. The van der Waals surface area contributed by atoms with Crippen LogP contribution in [0.4, 0.5) is 0 Å². The number of nitrogens with one attached hydrogen (secondary N) is 1. The number of halogens is 1. The quantitative estimate of drug-likeness (QED) is 0.810. The molecule has 1 saturated heterocycles. The van der Waals surface area contributed by atoms with Gasteiger partial charge in [0.1, 0.15) is 12.4 Å². The minimum absolute atomic E-state index is 0. The van der Waals surface area contributed by atoms with Crippen LogP contribution in [0.15, 0.2) is 28.8 Å². The van der Waals surface area contributed by atoms with Gasteiger partial charge in [0, 0.05) is 6.42 Å². The summed E-state index contributed by atoms with van der Waals surface area (Å²) >= 11 is 0. The average molecular weight is 368 g/mol. The number of methoxy groups -OCH3 is 1. The van der Waals surface area contributed by atoms with Gasteiger partial charge in [0.15, 0.2) is 5.82 Å². The Hall–Kier alpha value is -1.63. The molecule has 6 nitrogen and oxygen atoms in total. The van der Waals surface area contributed by atoms with Crippen LogP contribution in [0, 0.1) is 5.92 Å². The first-order valence-electron chi connectivity index (χ1n) is 8.56. The lowest BCUT2D eigenvalue weighted by molar-refractivity contribution is 0.0998. The molecular weight excluding hydrogens is 342 g/mol. The van der Waals surface area contributed by atoms with Crippen LogP contribution < -0.4 is 10.1 Å². The van der Waals surface area contributed by atoms with Crippen molar-refractivity contribution in [1.82, 2.24) is 15.5 Å². The standard InChI is InChI=1S/C18H25N3O3.ClH/c1-22-16-6-2-4-15(10-16)12-23-13-17-20-18(24-21-17)11-14-5-3-8-19-9-7-14;/h2,4,6,10,14,19H,3,5,7-9,11-13H2,1H3;1H. The van der Waals surface area contributed by atoms with Crippen molar-refractivity contribution in [3.8, 4) is 5.75 Å². The van der Waals surface area contributed by atoms with Crippen LogP contribution in [-0.4, -0.2) is 30.3 Å². The average Bonchev–Trinajstić information content (AvgIpc) is 2.88. The van der Waals surface area contributed by atoms with Crippen LogP contribution in [0.3, 0.4) is 0 Å². The number of ether oxygens (including phenoxy) is 2. The van der Waals surface area contributed by atoms with Crippen LogP contribution in [0.2, 0.25) is 0 Å². The van der Waals surface area contributed by atoms with Gasteiger partial charge in [-0.25, -0.2) is 0 Å². The van der Waals surface area contributed by atoms with Gasteiger partial charge in [0.05, 0.1) is 13.7 Å². The summed E-state index contributed by atoms with van der Waals surface area (Å²) in [6, 6.07) is 7.83. The molecule has 7 heteroatoms. The summed E-state index contributed by atoms with van der Waals surface area (Å²) in [5, 5.41) is 7.44. The maximum Gasteiger partial charge on any atom is 0.227 e. The molecule has 1 aliphatic heterocycles. The molecule has 138 valence electrons. The fourth-order valence-electron chi connectivity index (χ4n) is 3.00. The van der Waals surface area contributed by atoms with E-state index in [4.69, 9.17) is 14.0 Å². The first-order valence-corrected chi connectivity index (χ1v) is 8.56. The molecule has 2 aromatic rings. The molecule has 1 N–H and O–H groups in total. The van der Waals surface area contributed by atoms with Crippen molar-refractivity contribution < 1.29 is 14.0 Å². The third-order valence-electron chi connectivity index (χ3n) is 4.30. The number of benzene rings is 1. The maximum atomic E-state index is 5.68. The molecular formula is C18H26ClN3O3. The van der Waals surface area contributed by atoms with Crippen molar-refractivity contribution in [3.05, 3.63) is 41.5 Å². The fraction of sp³-hybridized carbons (Fsp3) is 0.556. The number of hydrogen-bond acceptors (Lipinski definition) is 6. The molecule has 2 heterocycles. The summed E-state index contributed by atoms with van der Waals surface area (Å²) in [5.41, 5.74) is 1.06.